The number of benzene rings is 1. The summed E-state index contributed by atoms with van der Waals surface area (Å²) in [5.74, 6) is 0. The fourth-order valence-corrected chi connectivity index (χ4v) is 1.66. The Hall–Kier alpha value is -0.910. The van der Waals surface area contributed by atoms with E-state index in [1.807, 2.05) is 0 Å². The monoisotopic (exact) mass is 186 g/mol. The molecule has 0 aromatic heterocycles. The predicted molar refractivity (Wildman–Crippen MR) is 42.2 cm³/mol. The van der Waals surface area contributed by atoms with Crippen LogP contribution in [0.5, 0.6) is 0 Å². The normalized spacial score (nSPS) is 11.5. The number of hydrogen-bond acceptors (Lipinski definition) is 2. The second kappa shape index (κ2) is 3.22. The lowest BCUT2D eigenvalue weighted by atomic mass is 10.2. The molecule has 1 aromatic rings. The molecule has 0 spiro atoms. The van der Waals surface area contributed by atoms with Crippen molar-refractivity contribution in [2.24, 2.45) is 5.14 Å². The van der Waals surface area contributed by atoms with Gasteiger partial charge in [0.15, 0.2) is 0 Å². The molecule has 0 unspecified atom stereocenters. The van der Waals surface area contributed by atoms with Crippen molar-refractivity contribution in [3.8, 4) is 0 Å². The first-order chi connectivity index (χ1) is 5.55. The van der Waals surface area contributed by atoms with Gasteiger partial charge in [0.1, 0.15) is 6.61 Å². The van der Waals surface area contributed by atoms with E-state index in [4.69, 9.17) is 5.14 Å². The molecular weight excluding hydrogens is 178 g/mol. The van der Waals surface area contributed by atoms with Gasteiger partial charge in [-0.25, -0.2) is 18.7 Å². The third kappa shape index (κ3) is 1.82. The van der Waals surface area contributed by atoms with Crippen molar-refractivity contribution in [2.45, 2.75) is 11.5 Å². The average molecular weight is 186 g/mol. The number of nitrogens with two attached hydrogens (primary N) is 1. The molecule has 0 atom stereocenters. The highest BCUT2D eigenvalue weighted by molar-refractivity contribution is 7.89. The summed E-state index contributed by atoms with van der Waals surface area (Å²) < 4.78 is 21.7. The lowest BCUT2D eigenvalue weighted by Crippen LogP contribution is -2.14. The van der Waals surface area contributed by atoms with E-state index in [2.05, 4.69) is 0 Å². The molecule has 0 amide bonds. The second-order valence-corrected chi connectivity index (χ2v) is 3.83. The average Bonchev–Trinajstić information content (AvgIpc) is 2.03. The highest BCUT2D eigenvalue weighted by atomic mass is 32.2. The van der Waals surface area contributed by atoms with Gasteiger partial charge in [-0.05, 0) is 6.07 Å². The van der Waals surface area contributed by atoms with Crippen molar-refractivity contribution in [3.05, 3.63) is 29.8 Å². The maximum atomic E-state index is 10.9. The van der Waals surface area contributed by atoms with Crippen molar-refractivity contribution in [3.63, 3.8) is 0 Å². The summed E-state index contributed by atoms with van der Waals surface area (Å²) in [6, 6.07) is 5.90. The van der Waals surface area contributed by atoms with Gasteiger partial charge in [-0.2, -0.15) is 0 Å². The Morgan fingerprint density at radius 2 is 1.83 bits per heavy atom. The number of sulfonamides is 1. The van der Waals surface area contributed by atoms with Crippen LogP contribution >= 0.6 is 0 Å². The van der Waals surface area contributed by atoms with Crippen LogP contribution in [0.25, 0.3) is 0 Å². The van der Waals surface area contributed by atoms with E-state index in [1.165, 1.54) is 18.2 Å². The largest absolute Gasteiger partial charge is 0.238 e. The third-order valence-electron chi connectivity index (χ3n) is 1.43. The van der Waals surface area contributed by atoms with Crippen LogP contribution in [0.3, 0.4) is 0 Å². The standard InChI is InChI=1S/C7H8NO3S/c8-12(10,11)7-4-2-1-3-6(7)5-9/h1-4H,5H2,(H2,8,10,11). The summed E-state index contributed by atoms with van der Waals surface area (Å²) in [4.78, 5) is -0.0833. The minimum Gasteiger partial charge on any atom is -0.232 e. The van der Waals surface area contributed by atoms with E-state index in [0.717, 1.165) is 0 Å². The van der Waals surface area contributed by atoms with Crippen LogP contribution in [-0.2, 0) is 21.7 Å². The topological polar surface area (TPSA) is 80.1 Å². The van der Waals surface area contributed by atoms with Crippen LogP contribution < -0.4 is 5.14 Å². The van der Waals surface area contributed by atoms with Gasteiger partial charge in [0.2, 0.25) is 10.0 Å². The summed E-state index contributed by atoms with van der Waals surface area (Å²) in [6.45, 7) is -0.577. The minimum atomic E-state index is -3.75. The van der Waals surface area contributed by atoms with Crippen LogP contribution in [0.1, 0.15) is 5.56 Å². The molecule has 2 N–H and O–H groups in total. The Kier molecular flexibility index (Phi) is 2.46. The Balaban J connectivity index is 3.33. The van der Waals surface area contributed by atoms with Gasteiger partial charge in [0, 0.05) is 5.56 Å². The lowest BCUT2D eigenvalue weighted by molar-refractivity contribution is 0.175. The second-order valence-electron chi connectivity index (χ2n) is 2.30. The first-order valence-corrected chi connectivity index (χ1v) is 4.79. The van der Waals surface area contributed by atoms with E-state index in [9.17, 15) is 13.5 Å². The van der Waals surface area contributed by atoms with Crippen LogP contribution in [0.4, 0.5) is 0 Å². The van der Waals surface area contributed by atoms with Crippen molar-refractivity contribution in [1.82, 2.24) is 0 Å². The van der Waals surface area contributed by atoms with Gasteiger partial charge in [-0.15, -0.1) is 0 Å². The van der Waals surface area contributed by atoms with Crippen LogP contribution in [0.2, 0.25) is 0 Å². The molecular formula is C7H8NO3S. The molecule has 12 heavy (non-hydrogen) atoms. The molecule has 0 saturated heterocycles. The van der Waals surface area contributed by atoms with Crippen molar-refractivity contribution < 1.29 is 13.5 Å². The zero-order valence-electron chi connectivity index (χ0n) is 6.23. The van der Waals surface area contributed by atoms with Crippen LogP contribution in [0, 0.1) is 0 Å². The van der Waals surface area contributed by atoms with E-state index >= 15 is 0 Å². The van der Waals surface area contributed by atoms with Crippen molar-refractivity contribution >= 4 is 10.0 Å². The molecule has 1 rings (SSSR count). The molecule has 0 aliphatic heterocycles. The molecule has 65 valence electrons. The lowest BCUT2D eigenvalue weighted by Gasteiger charge is -2.01. The summed E-state index contributed by atoms with van der Waals surface area (Å²) in [5, 5.41) is 15.3. The maximum Gasteiger partial charge on any atom is 0.238 e. The molecule has 1 aromatic carbocycles. The predicted octanol–water partition coefficient (Wildman–Crippen LogP) is 0.265. The number of primary sulfonamides is 1. The van der Waals surface area contributed by atoms with E-state index in [0.29, 0.717) is 0 Å². The smallest absolute Gasteiger partial charge is 0.232 e. The van der Waals surface area contributed by atoms with Gasteiger partial charge < -0.3 is 0 Å². The summed E-state index contributed by atoms with van der Waals surface area (Å²) in [7, 11) is -3.75. The van der Waals surface area contributed by atoms with Gasteiger partial charge in [-0.3, -0.25) is 0 Å². The zero-order chi connectivity index (χ0) is 9.19. The highest BCUT2D eigenvalue weighted by Crippen LogP contribution is 2.12. The summed E-state index contributed by atoms with van der Waals surface area (Å²) in [5.41, 5.74) is 0.208. The van der Waals surface area contributed by atoms with E-state index in [1.54, 1.807) is 6.07 Å². The molecule has 0 bridgehead atoms. The quantitative estimate of drug-likeness (QED) is 0.719. The van der Waals surface area contributed by atoms with Crippen molar-refractivity contribution in [2.75, 3.05) is 0 Å². The highest BCUT2D eigenvalue weighted by Gasteiger charge is 2.11. The molecule has 0 aliphatic rings. The maximum absolute atomic E-state index is 10.9. The molecule has 4 nitrogen and oxygen atoms in total. The van der Waals surface area contributed by atoms with Gasteiger partial charge in [0.25, 0.3) is 0 Å². The van der Waals surface area contributed by atoms with Gasteiger partial charge >= 0.3 is 0 Å². The SMILES string of the molecule is NS(=O)(=O)c1ccccc1C[O]. The Morgan fingerprint density at radius 1 is 1.25 bits per heavy atom. The molecule has 5 heteroatoms. The Labute approximate surface area is 70.7 Å². The number of rotatable bonds is 2. The third-order valence-corrected chi connectivity index (χ3v) is 2.45. The van der Waals surface area contributed by atoms with E-state index < -0.39 is 16.6 Å². The zero-order valence-corrected chi connectivity index (χ0v) is 7.04. The first-order valence-electron chi connectivity index (χ1n) is 3.24. The van der Waals surface area contributed by atoms with Gasteiger partial charge in [0.05, 0.1) is 4.90 Å². The van der Waals surface area contributed by atoms with Crippen molar-refractivity contribution in [1.29, 1.82) is 0 Å². The fourth-order valence-electron chi connectivity index (χ4n) is 0.901. The summed E-state index contributed by atoms with van der Waals surface area (Å²) >= 11 is 0. The number of hydrogen-bond donors (Lipinski definition) is 1. The van der Waals surface area contributed by atoms with Gasteiger partial charge in [-0.1, -0.05) is 18.2 Å². The molecule has 0 aliphatic carbocycles. The summed E-state index contributed by atoms with van der Waals surface area (Å²) in [6.07, 6.45) is 0. The molecule has 0 fully saturated rings. The molecule has 0 saturated carbocycles. The molecule has 1 radical (unpaired) electrons. The van der Waals surface area contributed by atoms with Crippen LogP contribution in [-0.4, -0.2) is 8.42 Å². The molecule has 0 heterocycles. The van der Waals surface area contributed by atoms with Crippen LogP contribution in [0.15, 0.2) is 29.2 Å². The Morgan fingerprint density at radius 3 is 2.25 bits per heavy atom. The minimum absolute atomic E-state index is 0.0833. The first kappa shape index (κ1) is 9.18. The fraction of sp³-hybridized carbons (Fsp3) is 0.143. The van der Waals surface area contributed by atoms with E-state index in [-0.39, 0.29) is 10.5 Å². The Bertz CT molecular complexity index is 372.